The van der Waals surface area contributed by atoms with Gasteiger partial charge in [0.2, 0.25) is 0 Å². The lowest BCUT2D eigenvalue weighted by Crippen LogP contribution is -2.10. The second-order valence-corrected chi connectivity index (χ2v) is 15.6. The molecule has 8 bridgehead atoms. The Kier molecular flexibility index (Phi) is 13.3. The number of fused-ring (bicyclic) bond motifs is 8. The largest absolute Gasteiger partial charge is 0.508 e. The molecule has 6 heteroatoms. The van der Waals surface area contributed by atoms with Crippen LogP contribution >= 0.6 is 15.9 Å². The summed E-state index contributed by atoms with van der Waals surface area (Å²) >= 11 is 3.90. The first kappa shape index (κ1) is 39.3. The molecule has 0 aliphatic heterocycles. The standard InChI is InChI=1S/C48H55BrO5/c1-7-14-51-45-33-12-11-13-34(45)22-41-29-44(50)30-42(48(41)54-17-10-4)26-38-24-36(35-19-31(5)18-32(6)20-35)23-37(46(38)52-15-8-2)25-40-28-43(49)27-39(21-33)47(40)53-16-9-3/h11-13,18-20,23-24,27-30,50H,7-10,14-17,21-22,25-26H2,1-6H3. The molecule has 5 nitrogen and oxygen atoms in total. The van der Waals surface area contributed by atoms with E-state index < -0.39 is 0 Å². The zero-order chi connectivity index (χ0) is 38.2. The van der Waals surface area contributed by atoms with Gasteiger partial charge in [-0.15, -0.1) is 0 Å². The SMILES string of the molecule is CCCOc1c2cccc1Cc1cc(Br)cc(c1OCCC)Cc1cc(-c3cc(C)cc(C)c3)cc(c1OCCC)Cc1cc(O)cc(c1OCCC)C2. The number of phenolic OH excluding ortho intramolecular Hbond substituents is 1. The summed E-state index contributed by atoms with van der Waals surface area (Å²) in [7, 11) is 0. The van der Waals surface area contributed by atoms with Crippen molar-refractivity contribution in [1.82, 2.24) is 0 Å². The van der Waals surface area contributed by atoms with Crippen molar-refractivity contribution in [3.8, 4) is 39.9 Å². The van der Waals surface area contributed by atoms with E-state index >= 15 is 0 Å². The molecule has 0 amide bonds. The third-order valence-electron chi connectivity index (χ3n) is 9.74. The fourth-order valence-corrected chi connectivity index (χ4v) is 8.15. The average molecular weight is 792 g/mol. The van der Waals surface area contributed by atoms with Crippen LogP contribution in [0.1, 0.15) is 109 Å². The predicted molar refractivity (Wildman–Crippen MR) is 224 cm³/mol. The molecule has 5 aromatic rings. The van der Waals surface area contributed by atoms with Gasteiger partial charge < -0.3 is 24.1 Å². The highest BCUT2D eigenvalue weighted by atomic mass is 79.9. The zero-order valence-electron chi connectivity index (χ0n) is 32.9. The van der Waals surface area contributed by atoms with Crippen LogP contribution in [0.2, 0.25) is 0 Å². The maximum Gasteiger partial charge on any atom is 0.126 e. The minimum absolute atomic E-state index is 0.219. The quantitative estimate of drug-likeness (QED) is 0.126. The van der Waals surface area contributed by atoms with Gasteiger partial charge in [0.25, 0.3) is 0 Å². The van der Waals surface area contributed by atoms with Crippen molar-refractivity contribution in [2.24, 2.45) is 0 Å². The Bertz CT molecular complexity index is 1950. The van der Waals surface area contributed by atoms with Crippen molar-refractivity contribution in [2.75, 3.05) is 26.4 Å². The smallest absolute Gasteiger partial charge is 0.126 e. The first-order chi connectivity index (χ1) is 26.2. The van der Waals surface area contributed by atoms with Crippen molar-refractivity contribution in [2.45, 2.75) is 92.9 Å². The lowest BCUT2D eigenvalue weighted by Gasteiger charge is -2.24. The van der Waals surface area contributed by atoms with Crippen LogP contribution in [-0.4, -0.2) is 31.5 Å². The van der Waals surface area contributed by atoms with E-state index in [1.165, 1.54) is 16.7 Å². The Hall–Kier alpha value is -4.42. The number of aryl methyl sites for hydroxylation is 2. The highest BCUT2D eigenvalue weighted by Crippen LogP contribution is 2.42. The van der Waals surface area contributed by atoms with Crippen LogP contribution in [-0.2, 0) is 25.7 Å². The monoisotopic (exact) mass is 790 g/mol. The van der Waals surface area contributed by atoms with Crippen molar-refractivity contribution in [3.05, 3.63) is 133 Å². The van der Waals surface area contributed by atoms with Crippen LogP contribution in [0.25, 0.3) is 11.1 Å². The third-order valence-corrected chi connectivity index (χ3v) is 10.2. The highest BCUT2D eigenvalue weighted by molar-refractivity contribution is 9.10. The van der Waals surface area contributed by atoms with Gasteiger partial charge in [-0.25, -0.2) is 0 Å². The van der Waals surface area contributed by atoms with Crippen molar-refractivity contribution >= 4 is 15.9 Å². The summed E-state index contributed by atoms with van der Waals surface area (Å²) in [4.78, 5) is 0. The normalized spacial score (nSPS) is 12.4. The van der Waals surface area contributed by atoms with E-state index in [1.54, 1.807) is 0 Å². The summed E-state index contributed by atoms with van der Waals surface area (Å²) in [5.41, 5.74) is 13.1. The van der Waals surface area contributed by atoms with Gasteiger partial charge in [0.1, 0.15) is 28.7 Å². The number of benzene rings is 5. The summed E-state index contributed by atoms with van der Waals surface area (Å²) in [5, 5.41) is 11.3. The summed E-state index contributed by atoms with van der Waals surface area (Å²) in [6.07, 6.45) is 5.86. The molecule has 54 heavy (non-hydrogen) atoms. The number of halogens is 1. The Labute approximate surface area is 330 Å². The van der Waals surface area contributed by atoms with Crippen LogP contribution in [0.5, 0.6) is 28.7 Å². The van der Waals surface area contributed by atoms with Gasteiger partial charge in [-0.1, -0.05) is 91.1 Å². The molecule has 0 unspecified atom stereocenters. The van der Waals surface area contributed by atoms with E-state index in [1.807, 2.05) is 12.1 Å². The number of ether oxygens (including phenoxy) is 4. The third kappa shape index (κ3) is 9.26. The number of aromatic hydroxyl groups is 1. The van der Waals surface area contributed by atoms with Crippen molar-refractivity contribution < 1.29 is 24.1 Å². The Balaban J connectivity index is 1.68. The second kappa shape index (κ2) is 18.3. The van der Waals surface area contributed by atoms with Crippen molar-refractivity contribution in [1.29, 1.82) is 0 Å². The average Bonchev–Trinajstić information content (AvgIpc) is 3.12. The fourth-order valence-electron chi connectivity index (χ4n) is 7.59. The van der Waals surface area contributed by atoms with Gasteiger partial charge in [0.15, 0.2) is 0 Å². The highest BCUT2D eigenvalue weighted by Gasteiger charge is 2.24. The molecule has 1 N–H and O–H groups in total. The van der Waals surface area contributed by atoms with Crippen LogP contribution in [0.15, 0.2) is 77.3 Å². The van der Waals surface area contributed by atoms with E-state index in [-0.39, 0.29) is 5.75 Å². The van der Waals surface area contributed by atoms with E-state index in [0.29, 0.717) is 52.1 Å². The molecule has 0 radical (unpaired) electrons. The lowest BCUT2D eigenvalue weighted by molar-refractivity contribution is 0.304. The van der Waals surface area contributed by atoms with Gasteiger partial charge >= 0.3 is 0 Å². The van der Waals surface area contributed by atoms with E-state index in [2.05, 4.69) is 118 Å². The number of hydrogen-bond donors (Lipinski definition) is 1. The van der Waals surface area contributed by atoms with Gasteiger partial charge in [-0.2, -0.15) is 0 Å². The molecule has 5 aromatic carbocycles. The summed E-state index contributed by atoms with van der Waals surface area (Å²) in [5.74, 6) is 3.73. The minimum atomic E-state index is 0.219. The number of phenols is 1. The molecule has 6 rings (SSSR count). The van der Waals surface area contributed by atoms with Crippen LogP contribution in [0, 0.1) is 13.8 Å². The fraction of sp³-hybridized carbons (Fsp3) is 0.375. The molecule has 0 spiro atoms. The molecule has 284 valence electrons. The first-order valence-corrected chi connectivity index (χ1v) is 20.5. The second-order valence-electron chi connectivity index (χ2n) is 14.7. The Morgan fingerprint density at radius 3 is 1.20 bits per heavy atom. The number of para-hydroxylation sites is 1. The summed E-state index contributed by atoms with van der Waals surface area (Å²) in [6.45, 7) is 15.2. The number of rotatable bonds is 13. The predicted octanol–water partition coefficient (Wildman–Crippen LogP) is 12.3. The first-order valence-electron chi connectivity index (χ1n) is 19.7. The Morgan fingerprint density at radius 1 is 0.463 bits per heavy atom. The van der Waals surface area contributed by atoms with Gasteiger partial charge in [0.05, 0.1) is 26.4 Å². The summed E-state index contributed by atoms with van der Waals surface area (Å²) < 4.78 is 27.7. The molecular weight excluding hydrogens is 736 g/mol. The summed E-state index contributed by atoms with van der Waals surface area (Å²) in [6, 6.07) is 25.9. The van der Waals surface area contributed by atoms with Crippen molar-refractivity contribution in [3.63, 3.8) is 0 Å². The van der Waals surface area contributed by atoms with Crippen LogP contribution < -0.4 is 18.9 Å². The van der Waals surface area contributed by atoms with Crippen LogP contribution in [0.3, 0.4) is 0 Å². The molecule has 0 fully saturated rings. The molecule has 0 heterocycles. The molecule has 1 aliphatic carbocycles. The zero-order valence-corrected chi connectivity index (χ0v) is 34.5. The molecule has 0 atom stereocenters. The molecule has 1 aliphatic rings. The molecule has 0 saturated carbocycles. The van der Waals surface area contributed by atoms with Gasteiger partial charge in [-0.05, 0) is 109 Å². The molecular formula is C48H55BrO5. The minimum Gasteiger partial charge on any atom is -0.508 e. The number of hydrogen-bond acceptors (Lipinski definition) is 5. The van der Waals surface area contributed by atoms with Gasteiger partial charge in [0, 0.05) is 52.4 Å². The van der Waals surface area contributed by atoms with E-state index in [4.69, 9.17) is 18.9 Å². The van der Waals surface area contributed by atoms with E-state index in [0.717, 1.165) is 103 Å². The van der Waals surface area contributed by atoms with Gasteiger partial charge in [-0.3, -0.25) is 0 Å². The topological polar surface area (TPSA) is 57.2 Å². The maximum absolute atomic E-state index is 11.3. The Morgan fingerprint density at radius 2 is 0.796 bits per heavy atom. The maximum atomic E-state index is 11.3. The van der Waals surface area contributed by atoms with Crippen LogP contribution in [0.4, 0.5) is 0 Å². The molecule has 0 saturated heterocycles. The van der Waals surface area contributed by atoms with E-state index in [9.17, 15) is 5.11 Å². The lowest BCUT2D eigenvalue weighted by atomic mass is 9.89. The molecule has 0 aromatic heterocycles.